The maximum atomic E-state index is 11.0. The van der Waals surface area contributed by atoms with E-state index in [1.807, 2.05) is 24.3 Å². The molecule has 1 aromatic heterocycles. The van der Waals surface area contributed by atoms with Crippen molar-refractivity contribution in [2.45, 2.75) is 26.6 Å². The normalized spacial score (nSPS) is 15.6. The van der Waals surface area contributed by atoms with Crippen LogP contribution in [0.1, 0.15) is 36.1 Å². The summed E-state index contributed by atoms with van der Waals surface area (Å²) < 4.78 is 5.75. The van der Waals surface area contributed by atoms with E-state index in [9.17, 15) is 10.0 Å². The zero-order valence-corrected chi connectivity index (χ0v) is 18.5. The van der Waals surface area contributed by atoms with Gasteiger partial charge < -0.3 is 10.2 Å². The second-order valence-corrected chi connectivity index (χ2v) is 8.38. The van der Waals surface area contributed by atoms with E-state index >= 15 is 0 Å². The van der Waals surface area contributed by atoms with Gasteiger partial charge in [0.2, 0.25) is 0 Å². The van der Waals surface area contributed by atoms with Gasteiger partial charge in [-0.25, -0.2) is 4.79 Å². The van der Waals surface area contributed by atoms with Gasteiger partial charge in [-0.05, 0) is 35.4 Å². The number of hydrogen-bond acceptors (Lipinski definition) is 5. The molecule has 1 atom stereocenters. The van der Waals surface area contributed by atoms with E-state index in [1.54, 1.807) is 6.07 Å². The zero-order valence-electron chi connectivity index (χ0n) is 17.7. The Hall–Kier alpha value is -2.84. The number of nitrogens with two attached hydrogens (primary N) is 1. The Morgan fingerprint density at radius 2 is 1.58 bits per heavy atom. The van der Waals surface area contributed by atoms with Crippen LogP contribution in [0.4, 0.5) is 4.79 Å². The lowest BCUT2D eigenvalue weighted by atomic mass is 9.96. The number of nitrogens with zero attached hydrogens (tertiary/aromatic N) is 3. The molecule has 33 heavy (non-hydrogen) atoms. The number of hydrogen-bond donors (Lipinski definition) is 2. The summed E-state index contributed by atoms with van der Waals surface area (Å²) in [7, 11) is 0. The van der Waals surface area contributed by atoms with Gasteiger partial charge in [-0.2, -0.15) is 5.06 Å². The Balaban J connectivity index is 0.00000306. The van der Waals surface area contributed by atoms with Crippen molar-refractivity contribution < 1.29 is 14.4 Å². The van der Waals surface area contributed by atoms with Crippen molar-refractivity contribution in [3.8, 4) is 0 Å². The van der Waals surface area contributed by atoms with Crippen LogP contribution in [0, 0.1) is 0 Å². The molecule has 1 aliphatic heterocycles. The molecule has 0 radical (unpaired) electrons. The fraction of sp³-hybridized carbons (Fsp3) is 0.320. The quantitative estimate of drug-likeness (QED) is 0.384. The van der Waals surface area contributed by atoms with E-state index < -0.39 is 6.03 Å². The molecule has 0 aliphatic carbocycles. The molecule has 0 saturated carbocycles. The third-order valence-corrected chi connectivity index (χ3v) is 5.98. The Morgan fingerprint density at radius 1 is 0.970 bits per heavy atom. The second-order valence-electron chi connectivity index (χ2n) is 7.94. The van der Waals surface area contributed by atoms with Gasteiger partial charge in [-0.15, -0.1) is 0 Å². The lowest BCUT2D eigenvalue weighted by Crippen LogP contribution is -2.47. The maximum absolute atomic E-state index is 11.0. The lowest BCUT2D eigenvalue weighted by molar-refractivity contribution is -0.0516. The number of furan rings is 1. The number of hydroxylamine groups is 2. The molecule has 3 aromatic rings. The second kappa shape index (κ2) is 11.3. The van der Waals surface area contributed by atoms with E-state index in [4.69, 9.17) is 21.8 Å². The summed E-state index contributed by atoms with van der Waals surface area (Å²) >= 11 is 6.12. The molecule has 0 bridgehead atoms. The molecule has 2 aromatic carbocycles. The molecule has 1 aliphatic rings. The van der Waals surface area contributed by atoms with Crippen LogP contribution in [0.15, 0.2) is 71.1 Å². The first-order valence-electron chi connectivity index (χ1n) is 10.6. The van der Waals surface area contributed by atoms with Crippen LogP contribution >= 0.6 is 11.6 Å². The van der Waals surface area contributed by atoms with Gasteiger partial charge in [0, 0.05) is 31.2 Å². The SMILES string of the molecule is C.NC(=O)N(O)Cc1ccc(CN2CCN([C@H](c3ccccc3)c3ccc(Cl)cc3)CC2)o1. The Labute approximate surface area is 199 Å². The number of halogens is 1. The van der Waals surface area contributed by atoms with Crippen molar-refractivity contribution in [2.24, 2.45) is 5.73 Å². The van der Waals surface area contributed by atoms with E-state index in [0.717, 1.165) is 37.0 Å². The van der Waals surface area contributed by atoms with Crippen LogP contribution < -0.4 is 5.73 Å². The van der Waals surface area contributed by atoms with E-state index in [-0.39, 0.29) is 20.0 Å². The predicted molar refractivity (Wildman–Crippen MR) is 129 cm³/mol. The predicted octanol–water partition coefficient (Wildman–Crippen LogP) is 4.75. The number of carbonyl (C=O) groups is 1. The zero-order chi connectivity index (χ0) is 22.5. The molecular weight excluding hydrogens is 440 g/mol. The number of rotatable bonds is 7. The smallest absolute Gasteiger partial charge is 0.338 e. The van der Waals surface area contributed by atoms with Crippen molar-refractivity contribution in [2.75, 3.05) is 26.2 Å². The summed E-state index contributed by atoms with van der Waals surface area (Å²) in [6.07, 6.45) is 0. The number of benzene rings is 2. The third-order valence-electron chi connectivity index (χ3n) is 5.73. The first-order valence-corrected chi connectivity index (χ1v) is 11.0. The molecule has 3 N–H and O–H groups in total. The molecule has 1 fully saturated rings. The van der Waals surface area contributed by atoms with Crippen molar-refractivity contribution in [3.05, 3.63) is 94.4 Å². The van der Waals surface area contributed by atoms with Gasteiger partial charge in [0.25, 0.3) is 0 Å². The first-order chi connectivity index (χ1) is 15.5. The topological polar surface area (TPSA) is 86.2 Å². The van der Waals surface area contributed by atoms with Gasteiger partial charge in [0.05, 0.1) is 12.6 Å². The summed E-state index contributed by atoms with van der Waals surface area (Å²) in [5.74, 6) is 1.29. The first kappa shape index (κ1) is 24.8. The Kier molecular flexibility index (Phi) is 8.52. The van der Waals surface area contributed by atoms with Gasteiger partial charge in [0.1, 0.15) is 18.1 Å². The molecule has 2 heterocycles. The van der Waals surface area contributed by atoms with Crippen molar-refractivity contribution in [1.82, 2.24) is 14.9 Å². The molecule has 2 amide bonds. The van der Waals surface area contributed by atoms with Gasteiger partial charge in [-0.1, -0.05) is 61.5 Å². The average molecular weight is 471 g/mol. The molecule has 7 nitrogen and oxygen atoms in total. The minimum Gasteiger partial charge on any atom is -0.463 e. The summed E-state index contributed by atoms with van der Waals surface area (Å²) in [4.78, 5) is 15.8. The molecule has 4 rings (SSSR count). The summed E-state index contributed by atoms with van der Waals surface area (Å²) in [5, 5.41) is 10.6. The highest BCUT2D eigenvalue weighted by Gasteiger charge is 2.26. The number of piperazine rings is 1. The number of carbonyl (C=O) groups excluding carboxylic acids is 1. The van der Waals surface area contributed by atoms with Crippen LogP contribution in [0.3, 0.4) is 0 Å². The minimum atomic E-state index is -0.910. The molecule has 8 heteroatoms. The lowest BCUT2D eigenvalue weighted by Gasteiger charge is -2.39. The van der Waals surface area contributed by atoms with Gasteiger partial charge in [0.15, 0.2) is 0 Å². The van der Waals surface area contributed by atoms with Crippen LogP contribution in [-0.2, 0) is 13.1 Å². The summed E-state index contributed by atoms with van der Waals surface area (Å²) in [6.45, 7) is 4.25. The van der Waals surface area contributed by atoms with Gasteiger partial charge >= 0.3 is 6.03 Å². The molecule has 176 valence electrons. The fourth-order valence-electron chi connectivity index (χ4n) is 4.11. The van der Waals surface area contributed by atoms with E-state index in [1.165, 1.54) is 11.1 Å². The van der Waals surface area contributed by atoms with Crippen LogP contribution in [0.5, 0.6) is 0 Å². The van der Waals surface area contributed by atoms with Crippen LogP contribution in [-0.4, -0.2) is 52.3 Å². The minimum absolute atomic E-state index is 0. The van der Waals surface area contributed by atoms with Crippen molar-refractivity contribution in [3.63, 3.8) is 0 Å². The molecule has 0 unspecified atom stereocenters. The van der Waals surface area contributed by atoms with Gasteiger partial charge in [-0.3, -0.25) is 15.0 Å². The highest BCUT2D eigenvalue weighted by molar-refractivity contribution is 6.30. The maximum Gasteiger partial charge on any atom is 0.338 e. The Morgan fingerprint density at radius 3 is 2.21 bits per heavy atom. The molecule has 0 spiro atoms. The number of urea groups is 1. The highest BCUT2D eigenvalue weighted by Crippen LogP contribution is 2.30. The molecular formula is C25H31ClN4O3. The van der Waals surface area contributed by atoms with Crippen LogP contribution in [0.25, 0.3) is 0 Å². The van der Waals surface area contributed by atoms with Crippen molar-refractivity contribution >= 4 is 17.6 Å². The van der Waals surface area contributed by atoms with E-state index in [0.29, 0.717) is 17.4 Å². The van der Waals surface area contributed by atoms with E-state index in [2.05, 4.69) is 46.2 Å². The number of amides is 2. The summed E-state index contributed by atoms with van der Waals surface area (Å²) in [5.41, 5.74) is 7.54. The largest absolute Gasteiger partial charge is 0.463 e. The summed E-state index contributed by atoms with van der Waals surface area (Å²) in [6, 6.07) is 21.5. The number of primary amides is 1. The van der Waals surface area contributed by atoms with Crippen LogP contribution in [0.2, 0.25) is 5.02 Å². The average Bonchev–Trinajstić information content (AvgIpc) is 3.24. The van der Waals surface area contributed by atoms with Crippen molar-refractivity contribution in [1.29, 1.82) is 0 Å². The monoisotopic (exact) mass is 470 g/mol. The third kappa shape index (κ3) is 6.36. The Bertz CT molecular complexity index is 1020. The standard InChI is InChI=1S/C24H27ClN4O3.CH4/c25-20-8-6-19(7-9-20)23(18-4-2-1-3-5-18)28-14-12-27(13-15-28)16-21-10-11-22(32-21)17-29(31)24(26)30;/h1-11,23,31H,12-17H2,(H2,26,30);1H4/t23-;/m1./s1. The molecule has 1 saturated heterocycles. The fourth-order valence-corrected chi connectivity index (χ4v) is 4.24. The highest BCUT2D eigenvalue weighted by atomic mass is 35.5.